The Labute approximate surface area is 172 Å². The van der Waals surface area contributed by atoms with Crippen LogP contribution in [0.4, 0.5) is 0 Å². The summed E-state index contributed by atoms with van der Waals surface area (Å²) >= 11 is 7.28. The monoisotopic (exact) mass is 435 g/mol. The van der Waals surface area contributed by atoms with Crippen LogP contribution in [0.5, 0.6) is 0 Å². The highest BCUT2D eigenvalue weighted by Gasteiger charge is 2.14. The summed E-state index contributed by atoms with van der Waals surface area (Å²) in [6, 6.07) is 15.7. The van der Waals surface area contributed by atoms with Crippen molar-refractivity contribution in [3.05, 3.63) is 70.0 Å². The summed E-state index contributed by atoms with van der Waals surface area (Å²) in [5.74, 6) is -0.259. The number of benzene rings is 2. The zero-order valence-electron chi connectivity index (χ0n) is 14.8. The quantitative estimate of drug-likeness (QED) is 0.567. The highest BCUT2D eigenvalue weighted by molar-refractivity contribution is 7.89. The zero-order chi connectivity index (χ0) is 20.0. The first-order chi connectivity index (χ1) is 13.4. The van der Waals surface area contributed by atoms with Gasteiger partial charge in [0.2, 0.25) is 15.9 Å². The van der Waals surface area contributed by atoms with Gasteiger partial charge in [-0.25, -0.2) is 18.1 Å². The minimum atomic E-state index is -3.70. The lowest BCUT2D eigenvalue weighted by Gasteiger charge is -2.07. The van der Waals surface area contributed by atoms with Crippen LogP contribution in [0.2, 0.25) is 5.02 Å². The lowest BCUT2D eigenvalue weighted by Crippen LogP contribution is -2.30. The minimum absolute atomic E-state index is 0.00614. The van der Waals surface area contributed by atoms with E-state index in [9.17, 15) is 13.2 Å². The summed E-state index contributed by atoms with van der Waals surface area (Å²) in [5, 5.41) is 5.81. The molecule has 3 rings (SSSR count). The van der Waals surface area contributed by atoms with Crippen LogP contribution in [-0.2, 0) is 21.4 Å². The first-order valence-electron chi connectivity index (χ1n) is 8.46. The van der Waals surface area contributed by atoms with Gasteiger partial charge in [0.05, 0.1) is 17.1 Å². The number of hydrogen-bond acceptors (Lipinski definition) is 5. The second-order valence-electron chi connectivity index (χ2n) is 5.87. The molecule has 0 saturated heterocycles. The molecule has 0 aliphatic carbocycles. The predicted molar refractivity (Wildman–Crippen MR) is 111 cm³/mol. The molecule has 146 valence electrons. The van der Waals surface area contributed by atoms with Gasteiger partial charge >= 0.3 is 0 Å². The number of carbonyl (C=O) groups excluding carboxylic acids is 1. The molecule has 0 aliphatic rings. The highest BCUT2D eigenvalue weighted by atomic mass is 35.5. The molecule has 0 radical (unpaired) electrons. The molecular formula is C19H18ClN3O3S2. The van der Waals surface area contributed by atoms with Gasteiger partial charge in [-0.1, -0.05) is 48.0 Å². The number of aromatic nitrogens is 1. The summed E-state index contributed by atoms with van der Waals surface area (Å²) in [6.45, 7) is 0.297. The maximum atomic E-state index is 12.2. The molecule has 0 atom stereocenters. The van der Waals surface area contributed by atoms with E-state index in [0.29, 0.717) is 11.6 Å². The molecular weight excluding hydrogens is 418 g/mol. The van der Waals surface area contributed by atoms with E-state index < -0.39 is 10.0 Å². The predicted octanol–water partition coefficient (Wildman–Crippen LogP) is 3.45. The summed E-state index contributed by atoms with van der Waals surface area (Å²) in [7, 11) is -3.70. The smallest absolute Gasteiger partial charge is 0.240 e. The number of nitrogens with zero attached hydrogens (tertiary/aromatic N) is 1. The molecule has 2 aromatic carbocycles. The van der Waals surface area contributed by atoms with Gasteiger partial charge in [0.1, 0.15) is 5.01 Å². The Kier molecular flexibility index (Phi) is 6.79. The van der Waals surface area contributed by atoms with Gasteiger partial charge in [-0.15, -0.1) is 11.3 Å². The lowest BCUT2D eigenvalue weighted by atomic mass is 10.2. The Morgan fingerprint density at radius 3 is 2.64 bits per heavy atom. The van der Waals surface area contributed by atoms with E-state index in [1.54, 1.807) is 12.1 Å². The highest BCUT2D eigenvalue weighted by Crippen LogP contribution is 2.21. The van der Waals surface area contributed by atoms with Gasteiger partial charge in [-0.05, 0) is 18.2 Å². The maximum absolute atomic E-state index is 12.2. The standard InChI is InChI=1S/C19H18ClN3O3S2/c20-15-7-4-8-16(11-15)28(25,26)22-10-9-18(24)21-12-19-23-17(13-27-19)14-5-2-1-3-6-14/h1-8,11,13,22H,9-10,12H2,(H,21,24). The summed E-state index contributed by atoms with van der Waals surface area (Å²) in [4.78, 5) is 16.5. The molecule has 3 aromatic rings. The van der Waals surface area contributed by atoms with Crippen LogP contribution in [0.25, 0.3) is 11.3 Å². The van der Waals surface area contributed by atoms with Gasteiger partial charge in [0.15, 0.2) is 0 Å². The largest absolute Gasteiger partial charge is 0.350 e. The van der Waals surface area contributed by atoms with Crippen LogP contribution in [0, 0.1) is 0 Å². The van der Waals surface area contributed by atoms with Crippen LogP contribution >= 0.6 is 22.9 Å². The van der Waals surface area contributed by atoms with E-state index in [2.05, 4.69) is 15.0 Å². The molecule has 1 amide bonds. The molecule has 1 aromatic heterocycles. The number of rotatable bonds is 8. The number of nitrogens with one attached hydrogen (secondary N) is 2. The number of carbonyl (C=O) groups is 1. The topological polar surface area (TPSA) is 88.2 Å². The third kappa shape index (κ3) is 5.62. The van der Waals surface area contributed by atoms with Crippen molar-refractivity contribution in [1.29, 1.82) is 0 Å². The van der Waals surface area contributed by atoms with Gasteiger partial charge in [-0.2, -0.15) is 0 Å². The van der Waals surface area contributed by atoms with Crippen molar-refractivity contribution in [2.45, 2.75) is 17.9 Å². The van der Waals surface area contributed by atoms with Crippen molar-refractivity contribution in [1.82, 2.24) is 15.0 Å². The van der Waals surface area contributed by atoms with E-state index in [-0.39, 0.29) is 23.8 Å². The fourth-order valence-electron chi connectivity index (χ4n) is 2.41. The SMILES string of the molecule is O=C(CCNS(=O)(=O)c1cccc(Cl)c1)NCc1nc(-c2ccccc2)cs1. The molecule has 0 bridgehead atoms. The van der Waals surface area contributed by atoms with E-state index in [1.807, 2.05) is 35.7 Å². The minimum Gasteiger partial charge on any atom is -0.350 e. The normalized spacial score (nSPS) is 11.3. The Balaban J connectivity index is 1.46. The summed E-state index contributed by atoms with van der Waals surface area (Å²) in [6.07, 6.45) is 0.0245. The number of thiazole rings is 1. The van der Waals surface area contributed by atoms with E-state index in [1.165, 1.54) is 23.5 Å². The molecule has 28 heavy (non-hydrogen) atoms. The van der Waals surface area contributed by atoms with Crippen molar-refractivity contribution < 1.29 is 13.2 Å². The Hall–Kier alpha value is -2.26. The molecule has 0 spiro atoms. The number of amides is 1. The fourth-order valence-corrected chi connectivity index (χ4v) is 4.49. The fraction of sp³-hybridized carbons (Fsp3) is 0.158. The Morgan fingerprint density at radius 2 is 1.89 bits per heavy atom. The third-order valence-corrected chi connectivity index (χ3v) is 6.35. The van der Waals surface area contributed by atoms with Gasteiger partial charge < -0.3 is 5.32 Å². The molecule has 0 saturated carbocycles. The second-order valence-corrected chi connectivity index (χ2v) is 9.02. The van der Waals surface area contributed by atoms with Crippen molar-refractivity contribution >= 4 is 38.9 Å². The van der Waals surface area contributed by atoms with Crippen molar-refractivity contribution in [3.8, 4) is 11.3 Å². The van der Waals surface area contributed by atoms with Crippen molar-refractivity contribution in [2.24, 2.45) is 0 Å². The van der Waals surface area contributed by atoms with Crippen LogP contribution < -0.4 is 10.0 Å². The molecule has 0 aliphatic heterocycles. The van der Waals surface area contributed by atoms with Gasteiger partial charge in [0.25, 0.3) is 0 Å². The van der Waals surface area contributed by atoms with Crippen LogP contribution in [0.1, 0.15) is 11.4 Å². The Bertz CT molecular complexity index is 1050. The van der Waals surface area contributed by atoms with E-state index in [0.717, 1.165) is 16.3 Å². The number of hydrogen-bond donors (Lipinski definition) is 2. The van der Waals surface area contributed by atoms with Crippen molar-refractivity contribution in [3.63, 3.8) is 0 Å². The lowest BCUT2D eigenvalue weighted by molar-refractivity contribution is -0.121. The Morgan fingerprint density at radius 1 is 1.11 bits per heavy atom. The third-order valence-electron chi connectivity index (χ3n) is 3.81. The van der Waals surface area contributed by atoms with Gasteiger partial charge in [0, 0.05) is 28.9 Å². The van der Waals surface area contributed by atoms with E-state index in [4.69, 9.17) is 11.6 Å². The van der Waals surface area contributed by atoms with Crippen molar-refractivity contribution in [2.75, 3.05) is 6.54 Å². The molecule has 6 nitrogen and oxygen atoms in total. The molecule has 0 fully saturated rings. The van der Waals surface area contributed by atoms with Crippen LogP contribution in [-0.4, -0.2) is 25.9 Å². The first-order valence-corrected chi connectivity index (χ1v) is 11.2. The average molecular weight is 436 g/mol. The summed E-state index contributed by atoms with van der Waals surface area (Å²) in [5.41, 5.74) is 1.89. The molecule has 9 heteroatoms. The number of sulfonamides is 1. The van der Waals surface area contributed by atoms with Crippen LogP contribution in [0.15, 0.2) is 64.9 Å². The maximum Gasteiger partial charge on any atom is 0.240 e. The molecule has 1 heterocycles. The first kappa shape index (κ1) is 20.5. The zero-order valence-corrected chi connectivity index (χ0v) is 17.2. The average Bonchev–Trinajstić information content (AvgIpc) is 3.16. The summed E-state index contributed by atoms with van der Waals surface area (Å²) < 4.78 is 26.7. The molecule has 0 unspecified atom stereocenters. The number of halogens is 1. The second kappa shape index (κ2) is 9.29. The van der Waals surface area contributed by atoms with E-state index >= 15 is 0 Å². The van der Waals surface area contributed by atoms with Gasteiger partial charge in [-0.3, -0.25) is 4.79 Å². The van der Waals surface area contributed by atoms with Crippen LogP contribution in [0.3, 0.4) is 0 Å². The molecule has 2 N–H and O–H groups in total.